The zero-order chi connectivity index (χ0) is 28.5. The molecule has 0 amide bonds. The molecule has 0 unspecified atom stereocenters. The number of nitro benzene ring substituents is 1. The topological polar surface area (TPSA) is 97.6 Å². The van der Waals surface area contributed by atoms with Gasteiger partial charge in [-0.2, -0.15) is 0 Å². The lowest BCUT2D eigenvalue weighted by Gasteiger charge is -2.37. The van der Waals surface area contributed by atoms with E-state index in [-0.39, 0.29) is 27.9 Å². The van der Waals surface area contributed by atoms with Crippen LogP contribution in [0, 0.1) is 21.3 Å². The van der Waals surface area contributed by atoms with Crippen molar-refractivity contribution in [2.75, 3.05) is 4.90 Å². The van der Waals surface area contributed by atoms with E-state index in [4.69, 9.17) is 0 Å². The Bertz CT molecular complexity index is 1790. The minimum atomic E-state index is -1.82. The van der Waals surface area contributed by atoms with Gasteiger partial charge in [0.1, 0.15) is 17.3 Å². The standard InChI is InChI=1S/C33H21FN2O5/c34-25-11-5-4-10-24(25)28-29(30(37)20-13-16-21(17-14-20)36(40)41)35-26-12-6-1-7-19(26)15-18-27(35)33(28)31(38)22-8-2-3-9-23(22)32(33)39/h1-18,27-29H/t27-,28-,29+/m1/s1. The number of carbonyl (C=O) groups is 3. The molecule has 1 saturated heterocycles. The van der Waals surface area contributed by atoms with Crippen molar-refractivity contribution >= 4 is 34.8 Å². The second-order valence-electron chi connectivity index (χ2n) is 10.5. The summed E-state index contributed by atoms with van der Waals surface area (Å²) >= 11 is 0. The predicted octanol–water partition coefficient (Wildman–Crippen LogP) is 6.05. The Hall–Kier alpha value is -5.24. The third kappa shape index (κ3) is 3.27. The van der Waals surface area contributed by atoms with Crippen LogP contribution in [0.2, 0.25) is 0 Å². The summed E-state index contributed by atoms with van der Waals surface area (Å²) in [6, 6.07) is 22.9. The van der Waals surface area contributed by atoms with Crippen LogP contribution < -0.4 is 4.90 Å². The van der Waals surface area contributed by atoms with Crippen LogP contribution in [0.4, 0.5) is 15.8 Å². The monoisotopic (exact) mass is 544 g/mol. The molecule has 3 atom stereocenters. The quantitative estimate of drug-likeness (QED) is 0.134. The van der Waals surface area contributed by atoms with E-state index in [0.717, 1.165) is 5.56 Å². The Morgan fingerprint density at radius 3 is 2.10 bits per heavy atom. The highest BCUT2D eigenvalue weighted by Gasteiger charge is 2.71. The van der Waals surface area contributed by atoms with Gasteiger partial charge < -0.3 is 4.90 Å². The van der Waals surface area contributed by atoms with Gasteiger partial charge in [0.2, 0.25) is 0 Å². The van der Waals surface area contributed by atoms with Crippen LogP contribution in [-0.2, 0) is 0 Å². The summed E-state index contributed by atoms with van der Waals surface area (Å²) in [5.74, 6) is -3.21. The zero-order valence-electron chi connectivity index (χ0n) is 21.4. The third-order valence-electron chi connectivity index (χ3n) is 8.58. The van der Waals surface area contributed by atoms with Crippen molar-refractivity contribution in [3.05, 3.63) is 147 Å². The number of nitro groups is 1. The van der Waals surface area contributed by atoms with Gasteiger partial charge in [0.25, 0.3) is 5.69 Å². The number of benzene rings is 4. The van der Waals surface area contributed by atoms with Crippen molar-refractivity contribution in [1.29, 1.82) is 0 Å². The lowest BCUT2D eigenvalue weighted by molar-refractivity contribution is -0.384. The third-order valence-corrected chi connectivity index (χ3v) is 8.58. The minimum Gasteiger partial charge on any atom is -0.352 e. The minimum absolute atomic E-state index is 0.0857. The van der Waals surface area contributed by atoms with E-state index in [2.05, 4.69) is 0 Å². The summed E-state index contributed by atoms with van der Waals surface area (Å²) in [4.78, 5) is 56.1. The molecule has 200 valence electrons. The lowest BCUT2D eigenvalue weighted by atomic mass is 9.64. The van der Waals surface area contributed by atoms with Crippen LogP contribution in [0.3, 0.4) is 0 Å². The van der Waals surface area contributed by atoms with Crippen molar-refractivity contribution in [2.24, 2.45) is 5.41 Å². The first-order valence-electron chi connectivity index (χ1n) is 13.1. The molecule has 3 aliphatic rings. The van der Waals surface area contributed by atoms with Gasteiger partial charge in [-0.1, -0.05) is 72.8 Å². The molecule has 1 fully saturated rings. The largest absolute Gasteiger partial charge is 0.352 e. The number of carbonyl (C=O) groups excluding carboxylic acids is 3. The first-order valence-corrected chi connectivity index (χ1v) is 13.1. The maximum absolute atomic E-state index is 15.8. The maximum Gasteiger partial charge on any atom is 0.269 e. The van der Waals surface area contributed by atoms with Crippen molar-refractivity contribution in [2.45, 2.75) is 18.0 Å². The van der Waals surface area contributed by atoms with Crippen molar-refractivity contribution < 1.29 is 23.7 Å². The molecule has 0 saturated carbocycles. The highest BCUT2D eigenvalue weighted by Crippen LogP contribution is 2.61. The molecule has 41 heavy (non-hydrogen) atoms. The number of fused-ring (bicyclic) bond motifs is 5. The van der Waals surface area contributed by atoms with E-state index in [9.17, 15) is 24.5 Å². The number of para-hydroxylation sites is 1. The van der Waals surface area contributed by atoms with Crippen LogP contribution in [-0.4, -0.2) is 34.4 Å². The first kappa shape index (κ1) is 24.8. The fourth-order valence-corrected chi connectivity index (χ4v) is 6.91. The summed E-state index contributed by atoms with van der Waals surface area (Å²) in [7, 11) is 0. The number of hydrogen-bond donors (Lipinski definition) is 0. The van der Waals surface area contributed by atoms with E-state index >= 15 is 4.39 Å². The summed E-state index contributed by atoms with van der Waals surface area (Å²) in [6.45, 7) is 0. The average molecular weight is 545 g/mol. The van der Waals surface area contributed by atoms with E-state index in [1.807, 2.05) is 24.3 Å². The molecule has 0 bridgehead atoms. The van der Waals surface area contributed by atoms with E-state index < -0.39 is 51.5 Å². The number of ketones is 3. The van der Waals surface area contributed by atoms with Crippen molar-refractivity contribution in [3.8, 4) is 0 Å². The zero-order valence-corrected chi connectivity index (χ0v) is 21.4. The molecule has 0 radical (unpaired) electrons. The van der Waals surface area contributed by atoms with Gasteiger partial charge in [0, 0.05) is 40.4 Å². The fraction of sp³-hybridized carbons (Fsp3) is 0.121. The Labute approximate surface area is 233 Å². The second kappa shape index (κ2) is 8.89. The Kier molecular flexibility index (Phi) is 5.37. The second-order valence-corrected chi connectivity index (χ2v) is 10.5. The van der Waals surface area contributed by atoms with E-state index in [0.29, 0.717) is 5.69 Å². The molecule has 1 spiro atoms. The van der Waals surface area contributed by atoms with Crippen molar-refractivity contribution in [1.82, 2.24) is 0 Å². The molecule has 7 rings (SSSR count). The van der Waals surface area contributed by atoms with Gasteiger partial charge in [-0.25, -0.2) is 4.39 Å². The fourth-order valence-electron chi connectivity index (χ4n) is 6.91. The molecule has 2 aliphatic heterocycles. The molecule has 4 aromatic rings. The van der Waals surface area contributed by atoms with Crippen LogP contribution in [0.5, 0.6) is 0 Å². The number of Topliss-reactive ketones (excluding diaryl/α,β-unsaturated/α-hetero) is 3. The Balaban J connectivity index is 1.53. The van der Waals surface area contributed by atoms with Crippen LogP contribution in [0.15, 0.2) is 103 Å². The van der Waals surface area contributed by atoms with Crippen LogP contribution in [0.25, 0.3) is 6.08 Å². The molecule has 4 aromatic carbocycles. The van der Waals surface area contributed by atoms with Gasteiger partial charge in [0.05, 0.1) is 11.0 Å². The highest BCUT2D eigenvalue weighted by molar-refractivity contribution is 6.32. The maximum atomic E-state index is 15.8. The summed E-state index contributed by atoms with van der Waals surface area (Å²) < 4.78 is 15.8. The molecular weight excluding hydrogens is 523 g/mol. The summed E-state index contributed by atoms with van der Waals surface area (Å²) in [5, 5.41) is 11.3. The first-order chi connectivity index (χ1) is 19.9. The predicted molar refractivity (Wildman–Crippen MR) is 150 cm³/mol. The number of nitrogens with zero attached hydrogens (tertiary/aromatic N) is 2. The number of halogens is 1. The molecule has 7 nitrogen and oxygen atoms in total. The van der Waals surface area contributed by atoms with Gasteiger partial charge >= 0.3 is 0 Å². The van der Waals surface area contributed by atoms with Gasteiger partial charge in [-0.05, 0) is 35.4 Å². The molecule has 8 heteroatoms. The van der Waals surface area contributed by atoms with E-state index in [1.165, 1.54) is 42.5 Å². The SMILES string of the molecule is O=C(c1ccc([N+](=O)[O-])cc1)[C@@H]1[C@@H](c2ccccc2F)C2(C(=O)c3ccccc3C2=O)[C@H]2C=Cc3ccccc3N12. The summed E-state index contributed by atoms with van der Waals surface area (Å²) in [6.07, 6.45) is 3.60. The van der Waals surface area contributed by atoms with Crippen LogP contribution in [0.1, 0.15) is 48.1 Å². The number of anilines is 1. The Morgan fingerprint density at radius 1 is 0.829 bits per heavy atom. The lowest BCUT2D eigenvalue weighted by Crippen LogP contribution is -2.48. The van der Waals surface area contributed by atoms with Gasteiger partial charge in [-0.3, -0.25) is 24.5 Å². The molecule has 0 aromatic heterocycles. The molecule has 2 heterocycles. The Morgan fingerprint density at radius 2 is 1.44 bits per heavy atom. The van der Waals surface area contributed by atoms with Crippen molar-refractivity contribution in [3.63, 3.8) is 0 Å². The molecule has 0 N–H and O–H groups in total. The molecule has 1 aliphatic carbocycles. The van der Waals surface area contributed by atoms with Gasteiger partial charge in [0.15, 0.2) is 17.3 Å². The highest BCUT2D eigenvalue weighted by atomic mass is 19.1. The average Bonchev–Trinajstić information content (AvgIpc) is 3.43. The van der Waals surface area contributed by atoms with E-state index in [1.54, 1.807) is 47.4 Å². The molecular formula is C33H21FN2O5. The summed E-state index contributed by atoms with van der Waals surface area (Å²) in [5.41, 5.74) is 0.138. The normalized spacial score (nSPS) is 21.5. The number of hydrogen-bond acceptors (Lipinski definition) is 6. The smallest absolute Gasteiger partial charge is 0.269 e. The number of non-ortho nitro benzene ring substituents is 1. The number of rotatable bonds is 4. The van der Waals surface area contributed by atoms with Crippen LogP contribution >= 0.6 is 0 Å². The van der Waals surface area contributed by atoms with Gasteiger partial charge in [-0.15, -0.1) is 0 Å².